The van der Waals surface area contributed by atoms with E-state index in [4.69, 9.17) is 0 Å². The minimum atomic E-state index is 0.0351. The molecule has 2 aromatic rings. The lowest BCUT2D eigenvalue weighted by Crippen LogP contribution is -2.27. The van der Waals surface area contributed by atoms with Gasteiger partial charge in [0.2, 0.25) is 0 Å². The molecule has 2 heteroatoms. The van der Waals surface area contributed by atoms with E-state index < -0.39 is 0 Å². The molecule has 5 rings (SSSR count). The van der Waals surface area contributed by atoms with Crippen molar-refractivity contribution < 1.29 is 10.2 Å². The van der Waals surface area contributed by atoms with Gasteiger partial charge in [0.15, 0.2) is 0 Å². The van der Waals surface area contributed by atoms with E-state index in [9.17, 15) is 10.2 Å². The van der Waals surface area contributed by atoms with Gasteiger partial charge in [0.25, 0.3) is 0 Å². The van der Waals surface area contributed by atoms with Crippen molar-refractivity contribution in [2.75, 3.05) is 0 Å². The Morgan fingerprint density at radius 1 is 0.615 bits per heavy atom. The van der Waals surface area contributed by atoms with Crippen LogP contribution in [0.2, 0.25) is 0 Å². The van der Waals surface area contributed by atoms with E-state index in [-0.39, 0.29) is 16.7 Å². The van der Waals surface area contributed by atoms with Crippen LogP contribution in [0.3, 0.4) is 0 Å². The van der Waals surface area contributed by atoms with Crippen LogP contribution in [0.15, 0.2) is 24.3 Å². The fourth-order valence-corrected chi connectivity index (χ4v) is 8.59. The molecular weight excluding hydrogens is 476 g/mol. The van der Waals surface area contributed by atoms with Crippen molar-refractivity contribution >= 4 is 0 Å². The third kappa shape index (κ3) is 5.64. The standard InChI is InChI=1S/C37H54O2/c1-5-26-22-29(34(38)31(24-26)36(3)18-12-8-13-19-36)33(28-16-10-7-11-17-28)30-23-27(6-2)25-32(35(30)39)37(4)20-14-9-15-21-37/h22-25,28,33,38-39H,5-21H2,1-4H3. The summed E-state index contributed by atoms with van der Waals surface area (Å²) in [4.78, 5) is 0. The summed E-state index contributed by atoms with van der Waals surface area (Å²) >= 11 is 0. The maximum Gasteiger partial charge on any atom is 0.123 e. The molecule has 3 aliphatic rings. The molecule has 0 radical (unpaired) electrons. The minimum absolute atomic E-state index is 0.0351. The summed E-state index contributed by atoms with van der Waals surface area (Å²) in [7, 11) is 0. The normalized spacial score (nSPS) is 21.8. The summed E-state index contributed by atoms with van der Waals surface area (Å²) < 4.78 is 0. The second kappa shape index (κ2) is 11.9. The van der Waals surface area contributed by atoms with Gasteiger partial charge in [0, 0.05) is 28.2 Å². The molecule has 0 amide bonds. The molecule has 0 bridgehead atoms. The predicted octanol–water partition coefficient (Wildman–Crippen LogP) is 10.4. The highest BCUT2D eigenvalue weighted by Gasteiger charge is 2.39. The van der Waals surface area contributed by atoms with Gasteiger partial charge in [0.1, 0.15) is 11.5 Å². The first-order valence-corrected chi connectivity index (χ1v) is 16.5. The van der Waals surface area contributed by atoms with Gasteiger partial charge in [-0.05, 0) is 79.2 Å². The summed E-state index contributed by atoms with van der Waals surface area (Å²) in [5.41, 5.74) is 7.25. The van der Waals surface area contributed by atoms with Crippen LogP contribution in [0.4, 0.5) is 0 Å². The van der Waals surface area contributed by atoms with Crippen molar-refractivity contribution in [3.05, 3.63) is 57.6 Å². The quantitative estimate of drug-likeness (QED) is 0.374. The van der Waals surface area contributed by atoms with Crippen LogP contribution in [-0.2, 0) is 23.7 Å². The van der Waals surface area contributed by atoms with Crippen LogP contribution in [0.25, 0.3) is 0 Å². The molecule has 0 heterocycles. The summed E-state index contributed by atoms with van der Waals surface area (Å²) in [6.07, 6.45) is 20.3. The molecule has 0 aliphatic heterocycles. The summed E-state index contributed by atoms with van der Waals surface area (Å²) in [5, 5.41) is 24.4. The Bertz CT molecular complexity index is 1050. The highest BCUT2D eigenvalue weighted by molar-refractivity contribution is 5.57. The smallest absolute Gasteiger partial charge is 0.123 e. The van der Waals surface area contributed by atoms with Crippen LogP contribution in [0, 0.1) is 5.92 Å². The summed E-state index contributed by atoms with van der Waals surface area (Å²) in [6.45, 7) is 9.26. The lowest BCUT2D eigenvalue weighted by Gasteiger charge is -2.39. The number of phenolic OH excluding ortho intramolecular Hbond substituents is 2. The average molecular weight is 531 g/mol. The molecule has 0 saturated heterocycles. The zero-order chi connectivity index (χ0) is 27.6. The molecule has 2 N–H and O–H groups in total. The second-order valence-corrected chi connectivity index (χ2v) is 14.0. The number of phenols is 2. The number of hydrogen-bond acceptors (Lipinski definition) is 2. The van der Waals surface area contributed by atoms with E-state index in [1.807, 2.05) is 0 Å². The van der Waals surface area contributed by atoms with Crippen LogP contribution in [0.5, 0.6) is 11.5 Å². The lowest BCUT2D eigenvalue weighted by atomic mass is 9.66. The van der Waals surface area contributed by atoms with Gasteiger partial charge in [-0.3, -0.25) is 0 Å². The molecule has 3 fully saturated rings. The van der Waals surface area contributed by atoms with Gasteiger partial charge >= 0.3 is 0 Å². The maximum absolute atomic E-state index is 12.2. The summed E-state index contributed by atoms with van der Waals surface area (Å²) in [5.74, 6) is 1.55. The monoisotopic (exact) mass is 530 g/mol. The van der Waals surface area contributed by atoms with E-state index in [0.29, 0.717) is 17.4 Å². The topological polar surface area (TPSA) is 40.5 Å². The summed E-state index contributed by atoms with van der Waals surface area (Å²) in [6, 6.07) is 9.26. The van der Waals surface area contributed by atoms with Gasteiger partial charge in [0.05, 0.1) is 0 Å². The lowest BCUT2D eigenvalue weighted by molar-refractivity contribution is 0.294. The first kappa shape index (κ1) is 28.6. The van der Waals surface area contributed by atoms with Crippen molar-refractivity contribution in [3.63, 3.8) is 0 Å². The second-order valence-electron chi connectivity index (χ2n) is 14.0. The van der Waals surface area contributed by atoms with E-state index in [2.05, 4.69) is 52.0 Å². The number of rotatable bonds is 7. The molecular formula is C37H54O2. The van der Waals surface area contributed by atoms with Gasteiger partial charge in [-0.15, -0.1) is 0 Å². The van der Waals surface area contributed by atoms with E-state index in [0.717, 1.165) is 49.7 Å². The molecule has 0 unspecified atom stereocenters. The zero-order valence-electron chi connectivity index (χ0n) is 25.4. The number of benzene rings is 2. The number of hydrogen-bond donors (Lipinski definition) is 2. The molecule has 2 nitrogen and oxygen atoms in total. The third-order valence-corrected chi connectivity index (χ3v) is 11.2. The Balaban J connectivity index is 1.72. The third-order valence-electron chi connectivity index (χ3n) is 11.2. The Hall–Kier alpha value is -1.96. The molecule has 39 heavy (non-hydrogen) atoms. The fourth-order valence-electron chi connectivity index (χ4n) is 8.59. The zero-order valence-corrected chi connectivity index (χ0v) is 25.4. The Kier molecular flexibility index (Phi) is 8.70. The fraction of sp³-hybridized carbons (Fsp3) is 0.676. The molecule has 0 spiro atoms. The Morgan fingerprint density at radius 3 is 1.38 bits per heavy atom. The number of aromatic hydroxyl groups is 2. The van der Waals surface area contributed by atoms with Crippen LogP contribution >= 0.6 is 0 Å². The Labute approximate surface area is 238 Å². The average Bonchev–Trinajstić information content (AvgIpc) is 2.96. The van der Waals surface area contributed by atoms with Crippen LogP contribution in [0.1, 0.15) is 163 Å². The molecule has 214 valence electrons. The van der Waals surface area contributed by atoms with Crippen molar-refractivity contribution in [1.29, 1.82) is 0 Å². The molecule has 0 aromatic heterocycles. The first-order chi connectivity index (χ1) is 18.8. The highest BCUT2D eigenvalue weighted by atomic mass is 16.3. The molecule has 3 saturated carbocycles. The van der Waals surface area contributed by atoms with Crippen molar-refractivity contribution in [2.45, 2.75) is 154 Å². The van der Waals surface area contributed by atoms with E-state index in [1.165, 1.54) is 92.9 Å². The van der Waals surface area contributed by atoms with E-state index in [1.54, 1.807) is 0 Å². The van der Waals surface area contributed by atoms with Gasteiger partial charge in [-0.1, -0.05) is 110 Å². The van der Waals surface area contributed by atoms with Gasteiger partial charge < -0.3 is 10.2 Å². The predicted molar refractivity (Wildman–Crippen MR) is 164 cm³/mol. The van der Waals surface area contributed by atoms with Crippen LogP contribution in [-0.4, -0.2) is 10.2 Å². The van der Waals surface area contributed by atoms with Gasteiger partial charge in [-0.25, -0.2) is 0 Å². The minimum Gasteiger partial charge on any atom is -0.507 e. The van der Waals surface area contributed by atoms with Gasteiger partial charge in [-0.2, -0.15) is 0 Å². The number of aryl methyl sites for hydroxylation is 2. The van der Waals surface area contributed by atoms with Crippen LogP contribution < -0.4 is 0 Å². The van der Waals surface area contributed by atoms with Crippen molar-refractivity contribution in [2.24, 2.45) is 5.92 Å². The van der Waals surface area contributed by atoms with Crippen molar-refractivity contribution in [3.8, 4) is 11.5 Å². The highest BCUT2D eigenvalue weighted by Crippen LogP contribution is 2.53. The SMILES string of the molecule is CCc1cc(C(c2cc(CC)cc(C3(C)CCCCC3)c2O)C2CCCCC2)c(O)c(C2(C)CCCCC2)c1. The molecule has 0 atom stereocenters. The molecule has 2 aromatic carbocycles. The van der Waals surface area contributed by atoms with E-state index >= 15 is 0 Å². The largest absolute Gasteiger partial charge is 0.507 e. The molecule has 3 aliphatic carbocycles. The first-order valence-electron chi connectivity index (χ1n) is 16.5. The maximum atomic E-state index is 12.2. The van der Waals surface area contributed by atoms with Crippen molar-refractivity contribution in [1.82, 2.24) is 0 Å². The Morgan fingerprint density at radius 2 is 1.00 bits per heavy atom.